The second kappa shape index (κ2) is 6.64. The molecular formula is C18H15ClN2O4. The van der Waals surface area contributed by atoms with E-state index in [4.69, 9.17) is 25.9 Å². The molecule has 0 spiro atoms. The maximum absolute atomic E-state index is 12.5. The maximum atomic E-state index is 12.5. The van der Waals surface area contributed by atoms with Crippen molar-refractivity contribution in [3.8, 4) is 11.5 Å². The number of anilines is 1. The van der Waals surface area contributed by atoms with Gasteiger partial charge in [0.25, 0.3) is 5.91 Å². The summed E-state index contributed by atoms with van der Waals surface area (Å²) in [5.74, 6) is 0.773. The van der Waals surface area contributed by atoms with Gasteiger partial charge in [0.15, 0.2) is 17.6 Å². The van der Waals surface area contributed by atoms with E-state index in [1.807, 2.05) is 30.3 Å². The van der Waals surface area contributed by atoms with Crippen molar-refractivity contribution in [1.82, 2.24) is 0 Å². The van der Waals surface area contributed by atoms with Gasteiger partial charge in [-0.1, -0.05) is 47.1 Å². The van der Waals surface area contributed by atoms with Gasteiger partial charge >= 0.3 is 0 Å². The molecule has 0 fully saturated rings. The van der Waals surface area contributed by atoms with Gasteiger partial charge in [0.05, 0.1) is 10.7 Å². The molecule has 0 saturated heterocycles. The molecule has 1 atom stereocenters. The number of nitrogens with zero attached hydrogens (tertiary/aromatic N) is 1. The van der Waals surface area contributed by atoms with E-state index in [1.54, 1.807) is 12.1 Å². The smallest absolute Gasteiger partial charge is 0.273 e. The van der Waals surface area contributed by atoms with E-state index in [2.05, 4.69) is 10.5 Å². The summed E-state index contributed by atoms with van der Waals surface area (Å²) >= 11 is 6.22. The number of oxime groups is 1. The number of rotatable bonds is 3. The highest BCUT2D eigenvalue weighted by atomic mass is 35.5. The number of hydrogen-bond acceptors (Lipinski definition) is 5. The first kappa shape index (κ1) is 15.8. The SMILES string of the molecule is O=C(Nc1cc2c(cc1Cl)OCCO2)C1=NOC(c2ccccc2)C1. The highest BCUT2D eigenvalue weighted by Gasteiger charge is 2.28. The van der Waals surface area contributed by atoms with Crippen LogP contribution in [0.3, 0.4) is 0 Å². The van der Waals surface area contributed by atoms with Crippen molar-refractivity contribution in [2.24, 2.45) is 5.16 Å². The summed E-state index contributed by atoms with van der Waals surface area (Å²) in [6.07, 6.45) is 0.149. The third-order valence-electron chi connectivity index (χ3n) is 3.98. The van der Waals surface area contributed by atoms with Gasteiger partial charge < -0.3 is 19.6 Å². The molecule has 0 aromatic heterocycles. The number of carbonyl (C=O) groups is 1. The van der Waals surface area contributed by atoms with Crippen LogP contribution in [0, 0.1) is 0 Å². The topological polar surface area (TPSA) is 69.2 Å². The molecule has 0 bridgehead atoms. The summed E-state index contributed by atoms with van der Waals surface area (Å²) in [5, 5.41) is 7.04. The average molecular weight is 359 g/mol. The van der Waals surface area contributed by atoms with Gasteiger partial charge in [0.2, 0.25) is 0 Å². The van der Waals surface area contributed by atoms with Crippen LogP contribution in [0.2, 0.25) is 5.02 Å². The lowest BCUT2D eigenvalue weighted by Gasteiger charge is -2.19. The van der Waals surface area contributed by atoms with Crippen LogP contribution in [0.1, 0.15) is 18.1 Å². The van der Waals surface area contributed by atoms with Gasteiger partial charge in [-0.2, -0.15) is 0 Å². The average Bonchev–Trinajstić information content (AvgIpc) is 3.13. The predicted octanol–water partition coefficient (Wildman–Crippen LogP) is 3.57. The van der Waals surface area contributed by atoms with Gasteiger partial charge in [-0.15, -0.1) is 0 Å². The van der Waals surface area contributed by atoms with Crippen LogP contribution in [-0.2, 0) is 9.63 Å². The van der Waals surface area contributed by atoms with E-state index >= 15 is 0 Å². The van der Waals surface area contributed by atoms with Crippen LogP contribution in [0.4, 0.5) is 5.69 Å². The van der Waals surface area contributed by atoms with Crippen LogP contribution < -0.4 is 14.8 Å². The molecule has 1 amide bonds. The lowest BCUT2D eigenvalue weighted by Crippen LogP contribution is -2.22. The Kier molecular flexibility index (Phi) is 4.19. The van der Waals surface area contributed by atoms with Crippen molar-refractivity contribution < 1.29 is 19.1 Å². The van der Waals surface area contributed by atoms with Crippen LogP contribution in [0.5, 0.6) is 11.5 Å². The number of ether oxygens (including phenoxy) is 2. The fourth-order valence-electron chi connectivity index (χ4n) is 2.71. The molecule has 2 heterocycles. The zero-order chi connectivity index (χ0) is 17.2. The molecule has 128 valence electrons. The minimum Gasteiger partial charge on any atom is -0.486 e. The van der Waals surface area contributed by atoms with E-state index in [-0.39, 0.29) is 12.0 Å². The van der Waals surface area contributed by atoms with E-state index in [0.717, 1.165) is 5.56 Å². The lowest BCUT2D eigenvalue weighted by atomic mass is 10.0. The first-order chi connectivity index (χ1) is 12.2. The summed E-state index contributed by atoms with van der Waals surface area (Å²) in [4.78, 5) is 17.8. The Labute approximate surface area is 149 Å². The molecule has 25 heavy (non-hydrogen) atoms. The van der Waals surface area contributed by atoms with Gasteiger partial charge in [0.1, 0.15) is 18.9 Å². The highest BCUT2D eigenvalue weighted by Crippen LogP contribution is 2.38. The molecular weight excluding hydrogens is 344 g/mol. The Balaban J connectivity index is 1.46. The molecule has 2 aromatic carbocycles. The number of nitrogens with one attached hydrogen (secondary N) is 1. The number of benzene rings is 2. The van der Waals surface area contributed by atoms with Crippen LogP contribution in [-0.4, -0.2) is 24.8 Å². The number of halogens is 1. The number of amides is 1. The fourth-order valence-corrected chi connectivity index (χ4v) is 2.91. The molecule has 2 aliphatic rings. The monoisotopic (exact) mass is 358 g/mol. The summed E-state index contributed by atoms with van der Waals surface area (Å²) < 4.78 is 11.0. The second-order valence-corrected chi connectivity index (χ2v) is 6.08. The van der Waals surface area contributed by atoms with Gasteiger partial charge in [-0.25, -0.2) is 0 Å². The quantitative estimate of drug-likeness (QED) is 0.910. The molecule has 0 saturated carbocycles. The second-order valence-electron chi connectivity index (χ2n) is 5.68. The Morgan fingerprint density at radius 1 is 1.12 bits per heavy atom. The molecule has 0 radical (unpaired) electrons. The molecule has 4 rings (SSSR count). The molecule has 2 aromatic rings. The summed E-state index contributed by atoms with van der Waals surface area (Å²) in [5.41, 5.74) is 1.74. The Morgan fingerprint density at radius 3 is 2.60 bits per heavy atom. The Hall–Kier alpha value is -2.73. The highest BCUT2D eigenvalue weighted by molar-refractivity contribution is 6.44. The normalized spacial score (nSPS) is 18.3. The molecule has 7 heteroatoms. The van der Waals surface area contributed by atoms with Gasteiger partial charge in [-0.05, 0) is 5.56 Å². The first-order valence-electron chi connectivity index (χ1n) is 7.89. The third kappa shape index (κ3) is 3.25. The lowest BCUT2D eigenvalue weighted by molar-refractivity contribution is -0.110. The zero-order valence-corrected chi connectivity index (χ0v) is 14.0. The van der Waals surface area contributed by atoms with Crippen molar-refractivity contribution in [2.75, 3.05) is 18.5 Å². The molecule has 2 aliphatic heterocycles. The van der Waals surface area contributed by atoms with Crippen LogP contribution in [0.15, 0.2) is 47.6 Å². The predicted molar refractivity (Wildman–Crippen MR) is 93.4 cm³/mol. The van der Waals surface area contributed by atoms with Gasteiger partial charge in [-0.3, -0.25) is 4.79 Å². The molecule has 6 nitrogen and oxygen atoms in total. The molecule has 0 aliphatic carbocycles. The maximum Gasteiger partial charge on any atom is 0.273 e. The summed E-state index contributed by atoms with van der Waals surface area (Å²) in [6, 6.07) is 12.9. The van der Waals surface area contributed by atoms with Crippen molar-refractivity contribution in [2.45, 2.75) is 12.5 Å². The standard InChI is InChI=1S/C18H15ClN2O4/c19-12-8-16-17(24-7-6-23-16)9-13(12)20-18(22)14-10-15(25-21-14)11-4-2-1-3-5-11/h1-5,8-9,15H,6-7,10H2,(H,20,22). The van der Waals surface area contributed by atoms with Crippen LogP contribution >= 0.6 is 11.6 Å². The van der Waals surface area contributed by atoms with Crippen molar-refractivity contribution in [3.63, 3.8) is 0 Å². The van der Waals surface area contributed by atoms with E-state index in [1.165, 1.54) is 0 Å². The Bertz CT molecular complexity index is 838. The minimum atomic E-state index is -0.350. The Morgan fingerprint density at radius 2 is 1.84 bits per heavy atom. The summed E-state index contributed by atoms with van der Waals surface area (Å²) in [7, 11) is 0. The van der Waals surface area contributed by atoms with Crippen molar-refractivity contribution in [1.29, 1.82) is 0 Å². The van der Waals surface area contributed by atoms with E-state index < -0.39 is 0 Å². The largest absolute Gasteiger partial charge is 0.486 e. The first-order valence-corrected chi connectivity index (χ1v) is 8.26. The zero-order valence-electron chi connectivity index (χ0n) is 13.2. The third-order valence-corrected chi connectivity index (χ3v) is 4.30. The number of fused-ring (bicyclic) bond motifs is 1. The van der Waals surface area contributed by atoms with Gasteiger partial charge in [0, 0.05) is 18.6 Å². The van der Waals surface area contributed by atoms with Crippen LogP contribution in [0.25, 0.3) is 0 Å². The van der Waals surface area contributed by atoms with E-state index in [0.29, 0.717) is 47.6 Å². The molecule has 1 unspecified atom stereocenters. The molecule has 1 N–H and O–H groups in total. The van der Waals surface area contributed by atoms with Crippen molar-refractivity contribution >= 4 is 28.9 Å². The number of carbonyl (C=O) groups excluding carboxylic acids is 1. The van der Waals surface area contributed by atoms with Crippen molar-refractivity contribution in [3.05, 3.63) is 53.1 Å². The summed E-state index contributed by atoms with van der Waals surface area (Å²) in [6.45, 7) is 0.936. The fraction of sp³-hybridized carbons (Fsp3) is 0.222. The number of hydrogen-bond donors (Lipinski definition) is 1. The minimum absolute atomic E-state index is 0.252. The van der Waals surface area contributed by atoms with E-state index in [9.17, 15) is 4.79 Å².